The number of carbonyl (C=O) groups is 2. The number of ether oxygens (including phenoxy) is 1. The summed E-state index contributed by atoms with van der Waals surface area (Å²) in [6, 6.07) is 5.98. The zero-order valence-corrected chi connectivity index (χ0v) is 13.2. The van der Waals surface area contributed by atoms with E-state index in [1.165, 1.54) is 18.2 Å². The fourth-order valence-electron chi connectivity index (χ4n) is 1.96. The standard InChI is InChI=1S/C16H19N3O4/c1-4-11-8-13(19-18-11)15(20)17-12-7-10(16(21)22)5-6-14(12)23-9(2)3/h5-9H,4H2,1-3H3,(H,17,20)(H,18,19)(H,21,22). The topological polar surface area (TPSA) is 104 Å². The van der Waals surface area contributed by atoms with Crippen LogP contribution in [0.2, 0.25) is 0 Å². The molecule has 0 unspecified atom stereocenters. The van der Waals surface area contributed by atoms with E-state index in [4.69, 9.17) is 9.84 Å². The number of aromatic nitrogens is 2. The van der Waals surface area contributed by atoms with Gasteiger partial charge in [0.2, 0.25) is 0 Å². The number of nitrogens with zero attached hydrogens (tertiary/aromatic N) is 1. The van der Waals surface area contributed by atoms with Crippen LogP contribution in [-0.2, 0) is 6.42 Å². The number of rotatable bonds is 6. The van der Waals surface area contributed by atoms with Crippen molar-refractivity contribution >= 4 is 17.6 Å². The summed E-state index contributed by atoms with van der Waals surface area (Å²) in [5.41, 5.74) is 1.43. The monoisotopic (exact) mass is 317 g/mol. The lowest BCUT2D eigenvalue weighted by atomic mass is 10.1. The van der Waals surface area contributed by atoms with Crippen molar-refractivity contribution in [1.82, 2.24) is 10.2 Å². The minimum Gasteiger partial charge on any atom is -0.489 e. The Morgan fingerprint density at radius 2 is 2.09 bits per heavy atom. The number of nitrogens with one attached hydrogen (secondary N) is 2. The number of hydrogen-bond donors (Lipinski definition) is 3. The summed E-state index contributed by atoms with van der Waals surface area (Å²) >= 11 is 0. The molecule has 3 N–H and O–H groups in total. The highest BCUT2D eigenvalue weighted by molar-refractivity contribution is 6.04. The van der Waals surface area contributed by atoms with Gasteiger partial charge in [-0.1, -0.05) is 6.92 Å². The summed E-state index contributed by atoms with van der Waals surface area (Å²) in [7, 11) is 0. The van der Waals surface area contributed by atoms with Gasteiger partial charge in [0, 0.05) is 5.69 Å². The third-order valence-electron chi connectivity index (χ3n) is 3.08. The smallest absolute Gasteiger partial charge is 0.335 e. The zero-order chi connectivity index (χ0) is 17.0. The van der Waals surface area contributed by atoms with E-state index >= 15 is 0 Å². The molecule has 1 aromatic carbocycles. The number of aromatic amines is 1. The molecule has 7 heteroatoms. The predicted octanol–water partition coefficient (Wildman–Crippen LogP) is 2.71. The predicted molar refractivity (Wildman–Crippen MR) is 85.1 cm³/mol. The van der Waals surface area contributed by atoms with Crippen LogP contribution in [0.3, 0.4) is 0 Å². The molecule has 0 atom stereocenters. The summed E-state index contributed by atoms with van der Waals surface area (Å²) in [4.78, 5) is 23.4. The number of anilines is 1. The molecule has 0 aliphatic heterocycles. The second-order valence-electron chi connectivity index (χ2n) is 5.27. The molecule has 7 nitrogen and oxygen atoms in total. The Bertz CT molecular complexity index is 722. The van der Waals surface area contributed by atoms with Gasteiger partial charge in [-0.2, -0.15) is 5.10 Å². The first kappa shape index (κ1) is 16.5. The van der Waals surface area contributed by atoms with Crippen LogP contribution < -0.4 is 10.1 Å². The lowest BCUT2D eigenvalue weighted by Gasteiger charge is -2.15. The van der Waals surface area contributed by atoms with Gasteiger partial charge >= 0.3 is 5.97 Å². The number of H-pyrrole nitrogens is 1. The van der Waals surface area contributed by atoms with Gasteiger partial charge in [-0.3, -0.25) is 9.89 Å². The molecular weight excluding hydrogens is 298 g/mol. The molecule has 1 heterocycles. The van der Waals surface area contributed by atoms with Crippen LogP contribution in [0.25, 0.3) is 0 Å². The van der Waals surface area contributed by atoms with Crippen molar-refractivity contribution in [1.29, 1.82) is 0 Å². The molecular formula is C16H19N3O4. The maximum Gasteiger partial charge on any atom is 0.335 e. The van der Waals surface area contributed by atoms with E-state index in [0.29, 0.717) is 11.4 Å². The van der Waals surface area contributed by atoms with Gasteiger partial charge in [-0.15, -0.1) is 0 Å². The number of carboxylic acid groups (broad SMARTS) is 1. The van der Waals surface area contributed by atoms with E-state index < -0.39 is 11.9 Å². The number of hydrogen-bond acceptors (Lipinski definition) is 4. The van der Waals surface area contributed by atoms with E-state index in [0.717, 1.165) is 12.1 Å². The van der Waals surface area contributed by atoms with E-state index in [-0.39, 0.29) is 17.4 Å². The van der Waals surface area contributed by atoms with Crippen LogP contribution >= 0.6 is 0 Å². The Morgan fingerprint density at radius 1 is 1.35 bits per heavy atom. The van der Waals surface area contributed by atoms with Crippen molar-refractivity contribution in [3.8, 4) is 5.75 Å². The van der Waals surface area contributed by atoms with Gasteiger partial charge in [0.15, 0.2) is 5.69 Å². The molecule has 23 heavy (non-hydrogen) atoms. The summed E-state index contributed by atoms with van der Waals surface area (Å²) in [6.45, 7) is 5.63. The lowest BCUT2D eigenvalue weighted by Crippen LogP contribution is -2.15. The fraction of sp³-hybridized carbons (Fsp3) is 0.312. The van der Waals surface area contributed by atoms with Crippen LogP contribution in [0.15, 0.2) is 24.3 Å². The Labute approximate surface area is 133 Å². The summed E-state index contributed by atoms with van der Waals surface area (Å²) < 4.78 is 5.61. The molecule has 0 fully saturated rings. The van der Waals surface area contributed by atoms with Crippen LogP contribution in [0, 0.1) is 0 Å². The normalized spacial score (nSPS) is 10.6. The van der Waals surface area contributed by atoms with Gasteiger partial charge in [0.05, 0.1) is 17.4 Å². The first-order chi connectivity index (χ1) is 10.9. The number of aryl methyl sites for hydroxylation is 1. The van der Waals surface area contributed by atoms with Crippen molar-refractivity contribution < 1.29 is 19.4 Å². The van der Waals surface area contributed by atoms with Gasteiger partial charge in [-0.25, -0.2) is 4.79 Å². The van der Waals surface area contributed by atoms with E-state index in [9.17, 15) is 9.59 Å². The summed E-state index contributed by atoms with van der Waals surface area (Å²) in [5, 5.41) is 18.5. The molecule has 0 saturated carbocycles. The Hall–Kier alpha value is -2.83. The number of carboxylic acids is 1. The summed E-state index contributed by atoms with van der Waals surface area (Å²) in [6.07, 6.45) is 0.620. The first-order valence-corrected chi connectivity index (χ1v) is 7.30. The van der Waals surface area contributed by atoms with Crippen LogP contribution in [0.4, 0.5) is 5.69 Å². The fourth-order valence-corrected chi connectivity index (χ4v) is 1.96. The lowest BCUT2D eigenvalue weighted by molar-refractivity contribution is 0.0696. The highest BCUT2D eigenvalue weighted by Gasteiger charge is 2.16. The maximum absolute atomic E-state index is 12.3. The Morgan fingerprint density at radius 3 is 2.65 bits per heavy atom. The Kier molecular flexibility index (Phi) is 5.00. The minimum absolute atomic E-state index is 0.0627. The molecule has 1 aromatic heterocycles. The highest BCUT2D eigenvalue weighted by Crippen LogP contribution is 2.27. The first-order valence-electron chi connectivity index (χ1n) is 7.30. The van der Waals surface area contributed by atoms with Crippen LogP contribution in [-0.4, -0.2) is 33.3 Å². The molecule has 0 saturated heterocycles. The molecule has 0 bridgehead atoms. The molecule has 1 amide bonds. The third-order valence-corrected chi connectivity index (χ3v) is 3.08. The second-order valence-corrected chi connectivity index (χ2v) is 5.27. The van der Waals surface area contributed by atoms with Crippen molar-refractivity contribution in [2.24, 2.45) is 0 Å². The number of amides is 1. The molecule has 2 rings (SSSR count). The van der Waals surface area contributed by atoms with Crippen LogP contribution in [0.1, 0.15) is 47.3 Å². The molecule has 0 aliphatic carbocycles. The molecule has 122 valence electrons. The van der Waals surface area contributed by atoms with E-state index in [1.54, 1.807) is 6.07 Å². The summed E-state index contributed by atoms with van der Waals surface area (Å²) in [5.74, 6) is -1.11. The van der Waals surface area contributed by atoms with E-state index in [1.807, 2.05) is 20.8 Å². The third kappa shape index (κ3) is 4.09. The van der Waals surface area contributed by atoms with Crippen molar-refractivity contribution in [3.63, 3.8) is 0 Å². The van der Waals surface area contributed by atoms with Gasteiger partial charge in [0.1, 0.15) is 5.75 Å². The zero-order valence-electron chi connectivity index (χ0n) is 13.2. The quantitative estimate of drug-likeness (QED) is 0.760. The van der Waals surface area contributed by atoms with Gasteiger partial charge in [-0.05, 0) is 44.5 Å². The van der Waals surface area contributed by atoms with Crippen LogP contribution in [0.5, 0.6) is 5.75 Å². The Balaban J connectivity index is 2.29. The van der Waals surface area contributed by atoms with Crippen molar-refractivity contribution in [2.45, 2.75) is 33.3 Å². The second kappa shape index (κ2) is 6.95. The average Bonchev–Trinajstić information content (AvgIpc) is 2.97. The molecule has 0 aliphatic rings. The number of carbonyl (C=O) groups excluding carboxylic acids is 1. The van der Waals surface area contributed by atoms with E-state index in [2.05, 4.69) is 15.5 Å². The van der Waals surface area contributed by atoms with Gasteiger partial charge in [0.25, 0.3) is 5.91 Å². The SMILES string of the molecule is CCc1cc(C(=O)Nc2cc(C(=O)O)ccc2OC(C)C)n[nH]1. The minimum atomic E-state index is -1.08. The average molecular weight is 317 g/mol. The molecule has 0 spiro atoms. The van der Waals surface area contributed by atoms with Crippen molar-refractivity contribution in [3.05, 3.63) is 41.2 Å². The van der Waals surface area contributed by atoms with Gasteiger partial charge < -0.3 is 15.2 Å². The largest absolute Gasteiger partial charge is 0.489 e. The maximum atomic E-state index is 12.3. The number of benzene rings is 1. The highest BCUT2D eigenvalue weighted by atomic mass is 16.5. The van der Waals surface area contributed by atoms with Crippen molar-refractivity contribution in [2.75, 3.05) is 5.32 Å². The molecule has 0 radical (unpaired) electrons. The molecule has 2 aromatic rings. The number of aromatic carboxylic acids is 1.